The van der Waals surface area contributed by atoms with Crippen molar-refractivity contribution >= 4 is 33.4 Å². The second kappa shape index (κ2) is 6.50. The number of allylic oxidation sites excluding steroid dienone is 1. The molecular formula is C11H5BrF3N3S. The lowest BCUT2D eigenvalue weighted by molar-refractivity contribution is -0.0328. The monoisotopic (exact) mass is 347 g/mol. The molecule has 98 valence electrons. The predicted octanol–water partition coefficient (Wildman–Crippen LogP) is 4.40. The maximum absolute atomic E-state index is 12.2. The van der Waals surface area contributed by atoms with Crippen molar-refractivity contribution in [3.63, 3.8) is 0 Å². The van der Waals surface area contributed by atoms with E-state index in [1.807, 2.05) is 0 Å². The summed E-state index contributed by atoms with van der Waals surface area (Å²) in [5.41, 5.74) is -4.03. The zero-order valence-corrected chi connectivity index (χ0v) is 11.5. The van der Waals surface area contributed by atoms with E-state index in [1.165, 1.54) is 24.4 Å². The van der Waals surface area contributed by atoms with Gasteiger partial charge in [0.15, 0.2) is 0 Å². The first kappa shape index (κ1) is 15.4. The molecule has 0 fully saturated rings. The lowest BCUT2D eigenvalue weighted by Crippen LogP contribution is -1.99. The molecular weight excluding hydrogens is 343 g/mol. The summed E-state index contributed by atoms with van der Waals surface area (Å²) in [5.74, 6) is 0. The van der Waals surface area contributed by atoms with E-state index in [2.05, 4.69) is 21.2 Å². The minimum Gasteiger partial charge on any atom is -0.359 e. The first-order chi connectivity index (χ1) is 8.85. The first-order valence-electron chi connectivity index (χ1n) is 4.68. The van der Waals surface area contributed by atoms with Gasteiger partial charge in [-0.3, -0.25) is 0 Å². The van der Waals surface area contributed by atoms with E-state index in [0.29, 0.717) is 10.2 Å². The Morgan fingerprint density at radius 1 is 1.32 bits per heavy atom. The predicted molar refractivity (Wildman–Crippen MR) is 69.0 cm³/mol. The Bertz CT molecular complexity index is 568. The second-order valence-corrected chi connectivity index (χ2v) is 5.11. The molecule has 0 amide bonds. The van der Waals surface area contributed by atoms with Crippen LogP contribution in [0.4, 0.5) is 18.9 Å². The molecule has 0 aromatic heterocycles. The number of nitriles is 2. The van der Waals surface area contributed by atoms with Crippen molar-refractivity contribution in [1.82, 2.24) is 0 Å². The first-order valence-corrected chi connectivity index (χ1v) is 6.29. The molecule has 0 unspecified atom stereocenters. The zero-order valence-electron chi connectivity index (χ0n) is 9.12. The van der Waals surface area contributed by atoms with Crippen molar-refractivity contribution in [2.45, 2.75) is 10.4 Å². The van der Waals surface area contributed by atoms with E-state index in [-0.39, 0.29) is 22.2 Å². The van der Waals surface area contributed by atoms with E-state index < -0.39 is 5.51 Å². The van der Waals surface area contributed by atoms with E-state index in [1.54, 1.807) is 12.1 Å². The summed E-state index contributed by atoms with van der Waals surface area (Å²) < 4.78 is 36.9. The number of rotatable bonds is 3. The van der Waals surface area contributed by atoms with Crippen LogP contribution in [-0.2, 0) is 0 Å². The van der Waals surface area contributed by atoms with Crippen molar-refractivity contribution in [2.75, 3.05) is 5.32 Å². The third-order valence-electron chi connectivity index (χ3n) is 1.79. The van der Waals surface area contributed by atoms with Crippen molar-refractivity contribution in [3.8, 4) is 12.1 Å². The highest BCUT2D eigenvalue weighted by atomic mass is 79.9. The molecule has 0 saturated heterocycles. The molecule has 1 rings (SSSR count). The molecule has 0 aliphatic heterocycles. The number of benzene rings is 1. The number of anilines is 1. The highest BCUT2D eigenvalue weighted by molar-refractivity contribution is 9.10. The van der Waals surface area contributed by atoms with Gasteiger partial charge in [0.2, 0.25) is 0 Å². The Hall–Kier alpha value is -1.64. The quantitative estimate of drug-likeness (QED) is 0.650. The normalized spacial score (nSPS) is 10.2. The molecule has 8 heteroatoms. The Kier molecular flexibility index (Phi) is 5.28. The summed E-state index contributed by atoms with van der Waals surface area (Å²) in [6.45, 7) is 0. The number of hydrogen-bond donors (Lipinski definition) is 1. The van der Waals surface area contributed by atoms with Gasteiger partial charge < -0.3 is 5.32 Å². The summed E-state index contributed by atoms with van der Waals surface area (Å²) >= 11 is 2.89. The Labute approximate surface area is 119 Å². The van der Waals surface area contributed by atoms with Gasteiger partial charge in [-0.05, 0) is 45.9 Å². The van der Waals surface area contributed by atoms with E-state index >= 15 is 0 Å². The molecule has 0 bridgehead atoms. The Morgan fingerprint density at radius 2 is 1.95 bits per heavy atom. The highest BCUT2D eigenvalue weighted by Crippen LogP contribution is 2.39. The smallest absolute Gasteiger partial charge is 0.359 e. The molecule has 0 aliphatic carbocycles. The fourth-order valence-corrected chi connectivity index (χ4v) is 2.27. The topological polar surface area (TPSA) is 59.6 Å². The molecule has 1 aromatic rings. The van der Waals surface area contributed by atoms with Crippen LogP contribution in [0.3, 0.4) is 0 Å². The van der Waals surface area contributed by atoms with Crippen LogP contribution in [0.15, 0.2) is 39.3 Å². The third-order valence-corrected chi connectivity index (χ3v) is 3.16. The number of thioether (sulfide) groups is 1. The minimum atomic E-state index is -4.34. The van der Waals surface area contributed by atoms with Crippen molar-refractivity contribution in [1.29, 1.82) is 10.5 Å². The third kappa shape index (κ3) is 5.25. The maximum Gasteiger partial charge on any atom is 0.446 e. The van der Waals surface area contributed by atoms with Crippen LogP contribution in [0.2, 0.25) is 0 Å². The molecule has 19 heavy (non-hydrogen) atoms. The van der Waals surface area contributed by atoms with Crippen LogP contribution in [0.25, 0.3) is 0 Å². The number of alkyl halides is 3. The fraction of sp³-hybridized carbons (Fsp3) is 0.0909. The van der Waals surface area contributed by atoms with E-state index in [0.717, 1.165) is 0 Å². The molecule has 0 saturated carbocycles. The highest BCUT2D eigenvalue weighted by Gasteiger charge is 2.29. The van der Waals surface area contributed by atoms with Crippen LogP contribution in [0.5, 0.6) is 0 Å². The second-order valence-electron chi connectivity index (χ2n) is 3.12. The van der Waals surface area contributed by atoms with Gasteiger partial charge in [-0.2, -0.15) is 23.7 Å². The van der Waals surface area contributed by atoms with Crippen LogP contribution in [-0.4, -0.2) is 5.51 Å². The van der Waals surface area contributed by atoms with Crippen molar-refractivity contribution in [3.05, 3.63) is 34.4 Å². The Balaban J connectivity index is 2.88. The van der Waals surface area contributed by atoms with Crippen LogP contribution in [0.1, 0.15) is 0 Å². The molecule has 0 aliphatic rings. The molecule has 1 N–H and O–H groups in total. The lowest BCUT2D eigenvalue weighted by atomic mass is 10.3. The number of nitrogens with one attached hydrogen (secondary N) is 1. The average Bonchev–Trinajstić information content (AvgIpc) is 2.30. The van der Waals surface area contributed by atoms with Gasteiger partial charge in [-0.1, -0.05) is 0 Å². The van der Waals surface area contributed by atoms with Crippen LogP contribution < -0.4 is 5.32 Å². The molecule has 1 aromatic carbocycles. The number of hydrogen-bond acceptors (Lipinski definition) is 4. The van der Waals surface area contributed by atoms with Gasteiger partial charge in [-0.25, -0.2) is 0 Å². The van der Waals surface area contributed by atoms with Crippen molar-refractivity contribution in [2.24, 2.45) is 0 Å². The van der Waals surface area contributed by atoms with Gasteiger partial charge in [0.05, 0.1) is 5.69 Å². The SMILES string of the molecule is N#CC(C#N)=CNc1ccc(SC(F)(F)F)cc1Br. The van der Waals surface area contributed by atoms with Gasteiger partial charge >= 0.3 is 5.51 Å². The van der Waals surface area contributed by atoms with E-state index in [4.69, 9.17) is 10.5 Å². The largest absolute Gasteiger partial charge is 0.446 e. The molecule has 0 radical (unpaired) electrons. The summed E-state index contributed by atoms with van der Waals surface area (Å²) in [5, 5.41) is 19.7. The summed E-state index contributed by atoms with van der Waals surface area (Å²) in [6.07, 6.45) is 1.18. The van der Waals surface area contributed by atoms with Gasteiger partial charge in [0.25, 0.3) is 0 Å². The van der Waals surface area contributed by atoms with Gasteiger partial charge in [-0.15, -0.1) is 0 Å². The molecule has 0 heterocycles. The average molecular weight is 348 g/mol. The van der Waals surface area contributed by atoms with Crippen LogP contribution >= 0.6 is 27.7 Å². The minimum absolute atomic E-state index is 0.0368. The Morgan fingerprint density at radius 3 is 2.42 bits per heavy atom. The molecule has 0 spiro atoms. The number of halogens is 4. The standard InChI is InChI=1S/C11H5BrF3N3S/c12-9-3-8(19-11(13,14)15)1-2-10(9)18-6-7(4-16)5-17/h1-3,6,18H. The zero-order chi connectivity index (χ0) is 14.5. The summed E-state index contributed by atoms with van der Waals surface area (Å²) in [6, 6.07) is 7.31. The maximum atomic E-state index is 12.2. The van der Waals surface area contributed by atoms with Gasteiger partial charge in [0, 0.05) is 15.6 Å². The molecule has 3 nitrogen and oxygen atoms in total. The fourth-order valence-electron chi connectivity index (χ4n) is 1.05. The van der Waals surface area contributed by atoms with Gasteiger partial charge in [0.1, 0.15) is 17.7 Å². The van der Waals surface area contributed by atoms with Crippen LogP contribution in [0, 0.1) is 22.7 Å². The summed E-state index contributed by atoms with van der Waals surface area (Å²) in [7, 11) is 0. The number of nitrogens with zero attached hydrogens (tertiary/aromatic N) is 2. The van der Waals surface area contributed by atoms with Crippen molar-refractivity contribution < 1.29 is 13.2 Å². The lowest BCUT2D eigenvalue weighted by Gasteiger charge is -2.08. The summed E-state index contributed by atoms with van der Waals surface area (Å²) in [4.78, 5) is 0.0368. The van der Waals surface area contributed by atoms with E-state index in [9.17, 15) is 13.2 Å². The molecule has 0 atom stereocenters.